The van der Waals surface area contributed by atoms with Gasteiger partial charge in [0.25, 0.3) is 0 Å². The molecule has 1 fully saturated rings. The predicted octanol–water partition coefficient (Wildman–Crippen LogP) is 4.61. The summed E-state index contributed by atoms with van der Waals surface area (Å²) in [5, 5.41) is 4.53. The number of nitrogens with zero attached hydrogens (tertiary/aromatic N) is 3. The Morgan fingerprint density at radius 1 is 0.963 bits per heavy atom. The molecule has 0 bridgehead atoms. The molecule has 0 radical (unpaired) electrons. The first-order valence-electron chi connectivity index (χ1n) is 8.93. The fraction of sp³-hybridized carbons (Fsp3) is 0.286. The molecule has 2 aromatic carbocycles. The Balaban J connectivity index is 0.00000210. The van der Waals surface area contributed by atoms with Crippen molar-refractivity contribution in [3.8, 4) is 11.3 Å². The minimum atomic E-state index is 0. The van der Waals surface area contributed by atoms with Crippen LogP contribution in [0.5, 0.6) is 0 Å². The summed E-state index contributed by atoms with van der Waals surface area (Å²) in [4.78, 5) is 5.96. The standard InChI is InChI=1S/C21H23N3OS.BrH/c1-16-8-9-19(14-17(16)2)22-21-24(23-10-12-25-13-11-23)20(15-26-21)18-6-4-3-5-7-18;/h3-9,14-15H,10-13H2,1-2H3;1H. The molecule has 1 aliphatic heterocycles. The Morgan fingerprint density at radius 2 is 1.70 bits per heavy atom. The Morgan fingerprint density at radius 3 is 2.41 bits per heavy atom. The van der Waals surface area contributed by atoms with E-state index < -0.39 is 0 Å². The Labute approximate surface area is 174 Å². The molecule has 3 aromatic rings. The molecule has 142 valence electrons. The summed E-state index contributed by atoms with van der Waals surface area (Å²) in [5.74, 6) is 0. The van der Waals surface area contributed by atoms with E-state index in [0.717, 1.165) is 36.8 Å². The molecule has 1 aromatic heterocycles. The molecule has 0 amide bonds. The predicted molar refractivity (Wildman–Crippen MR) is 118 cm³/mol. The van der Waals surface area contributed by atoms with E-state index >= 15 is 0 Å². The summed E-state index contributed by atoms with van der Waals surface area (Å²) >= 11 is 1.68. The van der Waals surface area contributed by atoms with Gasteiger partial charge in [-0.05, 0) is 37.1 Å². The van der Waals surface area contributed by atoms with Crippen LogP contribution in [-0.4, -0.2) is 31.0 Å². The second kappa shape index (κ2) is 8.87. The number of halogens is 1. The number of morpholine rings is 1. The number of rotatable bonds is 3. The van der Waals surface area contributed by atoms with Crippen LogP contribution in [-0.2, 0) is 4.74 Å². The van der Waals surface area contributed by atoms with Crippen molar-refractivity contribution in [3.05, 3.63) is 69.8 Å². The van der Waals surface area contributed by atoms with E-state index in [1.54, 1.807) is 11.3 Å². The summed E-state index contributed by atoms with van der Waals surface area (Å²) < 4.78 is 7.81. The lowest BCUT2D eigenvalue weighted by Gasteiger charge is -2.31. The van der Waals surface area contributed by atoms with Gasteiger partial charge in [-0.3, -0.25) is 0 Å². The van der Waals surface area contributed by atoms with Crippen molar-refractivity contribution in [1.29, 1.82) is 0 Å². The highest BCUT2D eigenvalue weighted by atomic mass is 79.9. The number of benzene rings is 2. The first kappa shape index (κ1) is 19.9. The lowest BCUT2D eigenvalue weighted by Crippen LogP contribution is -2.48. The zero-order chi connectivity index (χ0) is 17.9. The smallest absolute Gasteiger partial charge is 0.209 e. The van der Waals surface area contributed by atoms with Crippen molar-refractivity contribution in [1.82, 2.24) is 4.68 Å². The minimum Gasteiger partial charge on any atom is -0.378 e. The molecule has 0 saturated carbocycles. The summed E-state index contributed by atoms with van der Waals surface area (Å²) in [6.45, 7) is 7.51. The van der Waals surface area contributed by atoms with Gasteiger partial charge in [-0.1, -0.05) is 36.4 Å². The molecule has 1 aliphatic rings. The summed E-state index contributed by atoms with van der Waals surface area (Å²) in [5.41, 5.74) is 5.94. The van der Waals surface area contributed by atoms with Crippen LogP contribution in [0.25, 0.3) is 11.3 Å². The number of hydrogen-bond acceptors (Lipinski definition) is 4. The quantitative estimate of drug-likeness (QED) is 0.588. The van der Waals surface area contributed by atoms with Gasteiger partial charge >= 0.3 is 0 Å². The van der Waals surface area contributed by atoms with Crippen molar-refractivity contribution in [2.45, 2.75) is 13.8 Å². The van der Waals surface area contributed by atoms with Gasteiger partial charge in [-0.2, -0.15) is 0 Å². The lowest BCUT2D eigenvalue weighted by molar-refractivity contribution is 0.111. The van der Waals surface area contributed by atoms with Crippen LogP contribution in [0, 0.1) is 13.8 Å². The largest absolute Gasteiger partial charge is 0.378 e. The molecule has 0 spiro atoms. The molecule has 1 saturated heterocycles. The highest BCUT2D eigenvalue weighted by Gasteiger charge is 2.17. The SMILES string of the molecule is Br.Cc1ccc(N=c2scc(-c3ccccc3)n2N2CCOCC2)cc1C. The maximum Gasteiger partial charge on any atom is 0.209 e. The first-order valence-corrected chi connectivity index (χ1v) is 9.81. The van der Waals surface area contributed by atoms with Gasteiger partial charge in [-0.25, -0.2) is 9.67 Å². The molecule has 6 heteroatoms. The summed E-state index contributed by atoms with van der Waals surface area (Å²) in [7, 11) is 0. The molecule has 0 aliphatic carbocycles. The summed E-state index contributed by atoms with van der Waals surface area (Å²) in [6, 6.07) is 16.9. The second-order valence-electron chi connectivity index (χ2n) is 6.53. The minimum absolute atomic E-state index is 0. The molecular formula is C21H24BrN3OS. The fourth-order valence-electron chi connectivity index (χ4n) is 3.12. The van der Waals surface area contributed by atoms with Crippen molar-refractivity contribution < 1.29 is 4.74 Å². The third-order valence-corrected chi connectivity index (χ3v) is 5.56. The number of thiazole rings is 1. The molecule has 4 nitrogen and oxygen atoms in total. The molecule has 27 heavy (non-hydrogen) atoms. The van der Waals surface area contributed by atoms with Crippen LogP contribution in [0.4, 0.5) is 5.69 Å². The van der Waals surface area contributed by atoms with E-state index in [9.17, 15) is 0 Å². The van der Waals surface area contributed by atoms with Gasteiger partial charge in [0.1, 0.15) is 0 Å². The highest BCUT2D eigenvalue weighted by Crippen LogP contribution is 2.22. The Kier molecular flexibility index (Phi) is 6.52. The maximum absolute atomic E-state index is 5.55. The van der Waals surface area contributed by atoms with E-state index in [4.69, 9.17) is 9.73 Å². The van der Waals surface area contributed by atoms with Crippen LogP contribution >= 0.6 is 28.3 Å². The molecular weight excluding hydrogens is 422 g/mol. The van der Waals surface area contributed by atoms with Crippen LogP contribution in [0.2, 0.25) is 0 Å². The molecule has 0 atom stereocenters. The van der Waals surface area contributed by atoms with Crippen LogP contribution in [0.15, 0.2) is 58.9 Å². The maximum atomic E-state index is 5.55. The van der Waals surface area contributed by atoms with E-state index in [1.807, 2.05) is 0 Å². The van der Waals surface area contributed by atoms with Gasteiger partial charge in [0.05, 0.1) is 37.7 Å². The number of aryl methyl sites for hydroxylation is 2. The highest BCUT2D eigenvalue weighted by molar-refractivity contribution is 8.93. The van der Waals surface area contributed by atoms with Gasteiger partial charge in [-0.15, -0.1) is 28.3 Å². The monoisotopic (exact) mass is 445 g/mol. The Hall–Kier alpha value is -1.89. The third-order valence-electron chi connectivity index (χ3n) is 4.74. The average molecular weight is 446 g/mol. The first-order chi connectivity index (χ1) is 12.7. The van der Waals surface area contributed by atoms with E-state index in [0.29, 0.717) is 0 Å². The zero-order valence-corrected chi connectivity index (χ0v) is 18.1. The van der Waals surface area contributed by atoms with Crippen LogP contribution < -0.4 is 9.81 Å². The Bertz CT molecular complexity index is 959. The molecule has 2 heterocycles. The average Bonchev–Trinajstić information content (AvgIpc) is 3.10. The van der Waals surface area contributed by atoms with Gasteiger partial charge in [0.2, 0.25) is 4.80 Å². The van der Waals surface area contributed by atoms with E-state index in [2.05, 4.69) is 77.4 Å². The van der Waals surface area contributed by atoms with E-state index in [-0.39, 0.29) is 17.0 Å². The zero-order valence-electron chi connectivity index (χ0n) is 15.6. The van der Waals surface area contributed by atoms with E-state index in [1.165, 1.54) is 22.4 Å². The fourth-order valence-corrected chi connectivity index (χ4v) is 4.04. The number of ether oxygens (including phenoxy) is 1. The van der Waals surface area contributed by atoms with Gasteiger partial charge in [0.15, 0.2) is 0 Å². The van der Waals surface area contributed by atoms with Gasteiger partial charge in [0, 0.05) is 10.9 Å². The molecule has 0 N–H and O–H groups in total. The van der Waals surface area contributed by atoms with Crippen LogP contribution in [0.3, 0.4) is 0 Å². The second-order valence-corrected chi connectivity index (χ2v) is 7.36. The normalized spacial score (nSPS) is 14.9. The lowest BCUT2D eigenvalue weighted by atomic mass is 10.1. The third kappa shape index (κ3) is 4.34. The molecule has 0 unspecified atom stereocenters. The van der Waals surface area contributed by atoms with Crippen molar-refractivity contribution in [2.24, 2.45) is 4.99 Å². The molecule has 4 rings (SSSR count). The summed E-state index contributed by atoms with van der Waals surface area (Å²) in [6.07, 6.45) is 0. The number of aromatic nitrogens is 1. The topological polar surface area (TPSA) is 29.8 Å². The van der Waals surface area contributed by atoms with Crippen molar-refractivity contribution >= 4 is 34.0 Å². The van der Waals surface area contributed by atoms with Gasteiger partial charge < -0.3 is 9.75 Å². The van der Waals surface area contributed by atoms with Crippen LogP contribution in [0.1, 0.15) is 11.1 Å². The van der Waals surface area contributed by atoms with Crippen molar-refractivity contribution in [3.63, 3.8) is 0 Å². The number of hydrogen-bond donors (Lipinski definition) is 0. The van der Waals surface area contributed by atoms with Crippen molar-refractivity contribution in [2.75, 3.05) is 31.3 Å².